The van der Waals surface area contributed by atoms with Gasteiger partial charge in [-0.1, -0.05) is 48.5 Å². The Bertz CT molecular complexity index is 999. The van der Waals surface area contributed by atoms with Crippen molar-refractivity contribution < 1.29 is 23.8 Å². The lowest BCUT2D eigenvalue weighted by molar-refractivity contribution is -0.140. The third kappa shape index (κ3) is 3.41. The van der Waals surface area contributed by atoms with E-state index in [2.05, 4.69) is 21.2 Å². The number of alkyl carbamates (subject to hydrolysis) is 1. The van der Waals surface area contributed by atoms with Crippen molar-refractivity contribution in [2.75, 3.05) is 6.61 Å². The van der Waals surface area contributed by atoms with Gasteiger partial charge in [-0.25, -0.2) is 9.59 Å². The van der Waals surface area contributed by atoms with Gasteiger partial charge in [0.2, 0.25) is 0 Å². The highest BCUT2D eigenvalue weighted by Crippen LogP contribution is 2.44. The van der Waals surface area contributed by atoms with Crippen molar-refractivity contribution in [2.45, 2.75) is 12.0 Å². The quantitative estimate of drug-likeness (QED) is 0.598. The minimum absolute atomic E-state index is 0.0980. The topological polar surface area (TPSA) is 88.8 Å². The molecule has 2 aromatic carbocycles. The third-order valence-electron chi connectivity index (χ3n) is 4.73. The minimum Gasteiger partial charge on any atom is -0.479 e. The maximum Gasteiger partial charge on any atom is 0.408 e. The number of fused-ring (bicyclic) bond motifs is 3. The first-order valence-electron chi connectivity index (χ1n) is 8.64. The first-order valence-corrected chi connectivity index (χ1v) is 9.43. The molecule has 1 amide bonds. The van der Waals surface area contributed by atoms with Crippen LogP contribution >= 0.6 is 15.9 Å². The van der Waals surface area contributed by atoms with Crippen LogP contribution in [0.15, 0.2) is 69.8 Å². The lowest BCUT2D eigenvalue weighted by Crippen LogP contribution is -2.34. The Labute approximate surface area is 169 Å². The van der Waals surface area contributed by atoms with E-state index in [1.165, 1.54) is 6.07 Å². The summed E-state index contributed by atoms with van der Waals surface area (Å²) in [5.74, 6) is -1.23. The maximum absolute atomic E-state index is 12.3. The van der Waals surface area contributed by atoms with Gasteiger partial charge in [-0.15, -0.1) is 0 Å². The molecular formula is C21H16BrNO5. The van der Waals surface area contributed by atoms with E-state index in [1.807, 2.05) is 48.5 Å². The molecule has 1 aliphatic carbocycles. The Hall–Kier alpha value is -3.06. The van der Waals surface area contributed by atoms with E-state index in [0.29, 0.717) is 4.67 Å². The van der Waals surface area contributed by atoms with Crippen molar-refractivity contribution in [2.24, 2.45) is 0 Å². The number of carbonyl (C=O) groups is 2. The number of carbonyl (C=O) groups excluding carboxylic acids is 1. The average molecular weight is 442 g/mol. The van der Waals surface area contributed by atoms with Crippen molar-refractivity contribution in [3.8, 4) is 11.1 Å². The van der Waals surface area contributed by atoms with E-state index in [0.717, 1.165) is 22.3 Å². The molecule has 4 rings (SSSR count). The van der Waals surface area contributed by atoms with Gasteiger partial charge in [0.05, 0.1) is 0 Å². The molecule has 28 heavy (non-hydrogen) atoms. The summed E-state index contributed by atoms with van der Waals surface area (Å²) in [4.78, 5) is 23.8. The molecule has 3 aromatic rings. The van der Waals surface area contributed by atoms with Crippen LogP contribution in [0.2, 0.25) is 0 Å². The Kier molecular flexibility index (Phi) is 4.92. The summed E-state index contributed by atoms with van der Waals surface area (Å²) >= 11 is 3.12. The van der Waals surface area contributed by atoms with Crippen LogP contribution in [0, 0.1) is 0 Å². The lowest BCUT2D eigenvalue weighted by Gasteiger charge is -2.16. The van der Waals surface area contributed by atoms with Crippen LogP contribution in [0.25, 0.3) is 11.1 Å². The van der Waals surface area contributed by atoms with Crippen LogP contribution in [-0.2, 0) is 9.53 Å². The number of aliphatic carboxylic acids is 1. The standard InChI is InChI=1S/C21H16BrNO5/c22-18-10-9-17(28-18)19(20(24)25)23-21(26)27-11-16-14-7-3-1-5-12(14)13-6-2-4-8-15(13)16/h1-10,16,19H,11H2,(H,23,26)(H,24,25). The van der Waals surface area contributed by atoms with Crippen LogP contribution in [0.1, 0.15) is 28.8 Å². The number of nitrogens with one attached hydrogen (secondary N) is 1. The molecule has 0 saturated heterocycles. The number of hydrogen-bond acceptors (Lipinski definition) is 4. The van der Waals surface area contributed by atoms with Gasteiger partial charge in [-0.05, 0) is 50.3 Å². The van der Waals surface area contributed by atoms with Crippen LogP contribution in [-0.4, -0.2) is 23.8 Å². The normalized spacial score (nSPS) is 13.5. The Balaban J connectivity index is 1.48. The predicted molar refractivity (Wildman–Crippen MR) is 105 cm³/mol. The SMILES string of the molecule is O=C(NC(C(=O)O)c1ccc(Br)o1)OCC1c2ccccc2-c2ccccc21. The van der Waals surface area contributed by atoms with Crippen molar-refractivity contribution in [3.05, 3.63) is 82.2 Å². The fourth-order valence-electron chi connectivity index (χ4n) is 3.50. The van der Waals surface area contributed by atoms with Crippen molar-refractivity contribution in [1.82, 2.24) is 5.32 Å². The van der Waals surface area contributed by atoms with Crippen LogP contribution in [0.4, 0.5) is 4.79 Å². The lowest BCUT2D eigenvalue weighted by atomic mass is 9.98. The molecule has 7 heteroatoms. The van der Waals surface area contributed by atoms with Gasteiger partial charge >= 0.3 is 12.1 Å². The molecule has 2 N–H and O–H groups in total. The number of furan rings is 1. The zero-order valence-electron chi connectivity index (χ0n) is 14.6. The van der Waals surface area contributed by atoms with E-state index >= 15 is 0 Å². The average Bonchev–Trinajstić information content (AvgIpc) is 3.26. The zero-order valence-corrected chi connectivity index (χ0v) is 16.2. The highest BCUT2D eigenvalue weighted by molar-refractivity contribution is 9.10. The molecule has 0 saturated carbocycles. The molecule has 0 fully saturated rings. The second-order valence-corrected chi connectivity index (χ2v) is 7.16. The van der Waals surface area contributed by atoms with Gasteiger partial charge in [0.25, 0.3) is 0 Å². The van der Waals surface area contributed by atoms with E-state index in [1.54, 1.807) is 6.07 Å². The molecule has 1 atom stereocenters. The van der Waals surface area contributed by atoms with Crippen molar-refractivity contribution >= 4 is 28.0 Å². The van der Waals surface area contributed by atoms with Crippen LogP contribution in [0.5, 0.6) is 0 Å². The van der Waals surface area contributed by atoms with Gasteiger partial charge < -0.3 is 19.6 Å². The Morgan fingerprint density at radius 1 is 1.04 bits per heavy atom. The largest absolute Gasteiger partial charge is 0.479 e. The summed E-state index contributed by atoms with van der Waals surface area (Å²) in [6, 6.07) is 17.7. The number of benzene rings is 2. The first kappa shape index (κ1) is 18.3. The molecule has 1 unspecified atom stereocenters. The number of ether oxygens (including phenoxy) is 1. The molecule has 0 radical (unpaired) electrons. The molecule has 6 nitrogen and oxygen atoms in total. The minimum atomic E-state index is -1.33. The summed E-state index contributed by atoms with van der Waals surface area (Å²) in [7, 11) is 0. The van der Waals surface area contributed by atoms with Gasteiger partial charge in [0, 0.05) is 5.92 Å². The Morgan fingerprint density at radius 3 is 2.18 bits per heavy atom. The monoisotopic (exact) mass is 441 g/mol. The highest BCUT2D eigenvalue weighted by atomic mass is 79.9. The van der Waals surface area contributed by atoms with E-state index in [4.69, 9.17) is 9.15 Å². The summed E-state index contributed by atoms with van der Waals surface area (Å²) in [6.45, 7) is 0.105. The van der Waals surface area contributed by atoms with Gasteiger partial charge in [0.15, 0.2) is 10.7 Å². The molecule has 1 aliphatic rings. The van der Waals surface area contributed by atoms with Gasteiger partial charge in [0.1, 0.15) is 12.4 Å². The zero-order chi connectivity index (χ0) is 19.7. The number of halogens is 1. The van der Waals surface area contributed by atoms with Crippen LogP contribution in [0.3, 0.4) is 0 Å². The molecule has 1 aromatic heterocycles. The smallest absolute Gasteiger partial charge is 0.408 e. The number of carboxylic acids is 1. The molecule has 0 bridgehead atoms. The number of rotatable bonds is 5. The summed E-state index contributed by atoms with van der Waals surface area (Å²) in [5, 5.41) is 11.7. The molecular weight excluding hydrogens is 426 g/mol. The molecule has 0 aliphatic heterocycles. The van der Waals surface area contributed by atoms with Crippen LogP contribution < -0.4 is 5.32 Å². The number of carboxylic acid groups (broad SMARTS) is 1. The summed E-state index contributed by atoms with van der Waals surface area (Å²) in [5.41, 5.74) is 4.41. The molecule has 0 spiro atoms. The van der Waals surface area contributed by atoms with E-state index in [-0.39, 0.29) is 18.3 Å². The van der Waals surface area contributed by atoms with E-state index in [9.17, 15) is 14.7 Å². The summed E-state index contributed by atoms with van der Waals surface area (Å²) in [6.07, 6.45) is -0.818. The maximum atomic E-state index is 12.3. The molecule has 142 valence electrons. The van der Waals surface area contributed by atoms with Gasteiger partial charge in [-0.3, -0.25) is 0 Å². The fraction of sp³-hybridized carbons (Fsp3) is 0.143. The second-order valence-electron chi connectivity index (χ2n) is 6.38. The first-order chi connectivity index (χ1) is 13.5. The number of amides is 1. The highest BCUT2D eigenvalue weighted by Gasteiger charge is 2.30. The Morgan fingerprint density at radius 2 is 1.64 bits per heavy atom. The molecule has 1 heterocycles. The third-order valence-corrected chi connectivity index (χ3v) is 5.16. The summed E-state index contributed by atoms with van der Waals surface area (Å²) < 4.78 is 11.0. The predicted octanol–water partition coefficient (Wildman–Crippen LogP) is 4.71. The van der Waals surface area contributed by atoms with Gasteiger partial charge in [-0.2, -0.15) is 0 Å². The van der Waals surface area contributed by atoms with Crippen molar-refractivity contribution in [3.63, 3.8) is 0 Å². The fourth-order valence-corrected chi connectivity index (χ4v) is 3.81. The van der Waals surface area contributed by atoms with E-state index < -0.39 is 18.1 Å². The second kappa shape index (κ2) is 7.52. The number of hydrogen-bond donors (Lipinski definition) is 2. The van der Waals surface area contributed by atoms with Crippen molar-refractivity contribution in [1.29, 1.82) is 0 Å².